The number of hydrogen-bond donors (Lipinski definition) is 1. The normalized spacial score (nSPS) is 14.3. The minimum absolute atomic E-state index is 0.00773. The minimum Gasteiger partial charge on any atom is -0.383 e. The molecular formula is C13H19N3O2. The second-order valence-electron chi connectivity index (χ2n) is 4.38. The smallest absolute Gasteiger partial charge is 0.272 e. The topological polar surface area (TPSA) is 54.5 Å². The van der Waals surface area contributed by atoms with E-state index in [1.165, 1.54) is 0 Å². The number of nitrogens with zero attached hydrogens (tertiary/aromatic N) is 2. The maximum atomic E-state index is 12.4. The van der Waals surface area contributed by atoms with Gasteiger partial charge < -0.3 is 15.0 Å². The monoisotopic (exact) mass is 249 g/mol. The van der Waals surface area contributed by atoms with Gasteiger partial charge in [-0.3, -0.25) is 4.79 Å². The Bertz CT molecular complexity index is 418. The molecule has 0 unspecified atom stereocenters. The summed E-state index contributed by atoms with van der Waals surface area (Å²) in [6.45, 7) is 1.19. The summed E-state index contributed by atoms with van der Waals surface area (Å²) in [5, 5.41) is 2.94. The lowest BCUT2D eigenvalue weighted by Crippen LogP contribution is -2.36. The number of methoxy groups -OCH3 is 1. The van der Waals surface area contributed by atoms with Gasteiger partial charge in [-0.05, 0) is 25.0 Å². The van der Waals surface area contributed by atoms with Crippen molar-refractivity contribution in [1.29, 1.82) is 0 Å². The number of pyridine rings is 1. The van der Waals surface area contributed by atoms with Gasteiger partial charge >= 0.3 is 0 Å². The molecule has 1 aromatic heterocycles. The van der Waals surface area contributed by atoms with E-state index in [0.29, 0.717) is 30.7 Å². The molecule has 0 aliphatic heterocycles. The fourth-order valence-electron chi connectivity index (χ4n) is 1.87. The lowest BCUT2D eigenvalue weighted by Gasteiger charge is -2.21. The lowest BCUT2D eigenvalue weighted by molar-refractivity contribution is 0.0674. The molecule has 0 atom stereocenters. The molecule has 1 N–H and O–H groups in total. The van der Waals surface area contributed by atoms with E-state index in [9.17, 15) is 4.79 Å². The molecule has 1 heterocycles. The molecule has 2 rings (SSSR count). The lowest BCUT2D eigenvalue weighted by atomic mass is 10.3. The van der Waals surface area contributed by atoms with Crippen molar-refractivity contribution in [3.63, 3.8) is 0 Å². The SMILES string of the molecule is CNc1cccc(C(=O)N(CCOC)C2CC2)n1. The van der Waals surface area contributed by atoms with E-state index in [2.05, 4.69) is 10.3 Å². The van der Waals surface area contributed by atoms with Crippen molar-refractivity contribution in [1.82, 2.24) is 9.88 Å². The predicted molar refractivity (Wildman–Crippen MR) is 69.7 cm³/mol. The van der Waals surface area contributed by atoms with Crippen molar-refractivity contribution in [2.75, 3.05) is 32.6 Å². The fraction of sp³-hybridized carbons (Fsp3) is 0.538. The van der Waals surface area contributed by atoms with E-state index in [4.69, 9.17) is 4.74 Å². The second kappa shape index (κ2) is 5.82. The maximum absolute atomic E-state index is 12.4. The Balaban J connectivity index is 2.11. The van der Waals surface area contributed by atoms with Gasteiger partial charge in [-0.15, -0.1) is 0 Å². The van der Waals surface area contributed by atoms with E-state index >= 15 is 0 Å². The molecule has 1 amide bonds. The van der Waals surface area contributed by atoms with Crippen LogP contribution in [-0.4, -0.2) is 49.1 Å². The summed E-state index contributed by atoms with van der Waals surface area (Å²) in [4.78, 5) is 18.5. The molecule has 0 bridgehead atoms. The van der Waals surface area contributed by atoms with Crippen LogP contribution in [0.3, 0.4) is 0 Å². The predicted octanol–water partition coefficient (Wildman–Crippen LogP) is 1.37. The van der Waals surface area contributed by atoms with Crippen LogP contribution in [0, 0.1) is 0 Å². The number of amides is 1. The number of carbonyl (C=O) groups is 1. The van der Waals surface area contributed by atoms with Crippen LogP contribution in [0.4, 0.5) is 5.82 Å². The first kappa shape index (κ1) is 12.8. The molecule has 5 heteroatoms. The molecule has 5 nitrogen and oxygen atoms in total. The standard InChI is InChI=1S/C13H19N3O2/c1-14-12-5-3-4-11(15-12)13(17)16(8-9-18-2)10-6-7-10/h3-5,10H,6-9H2,1-2H3,(H,14,15). The Morgan fingerprint density at radius 2 is 2.33 bits per heavy atom. The maximum Gasteiger partial charge on any atom is 0.272 e. The Kier molecular flexibility index (Phi) is 4.15. The van der Waals surface area contributed by atoms with Gasteiger partial charge in [0.1, 0.15) is 11.5 Å². The van der Waals surface area contributed by atoms with Gasteiger partial charge in [0.05, 0.1) is 6.61 Å². The summed E-state index contributed by atoms with van der Waals surface area (Å²) < 4.78 is 5.05. The van der Waals surface area contributed by atoms with Crippen molar-refractivity contribution in [3.05, 3.63) is 23.9 Å². The third-order valence-electron chi connectivity index (χ3n) is 3.01. The van der Waals surface area contributed by atoms with E-state index in [0.717, 1.165) is 12.8 Å². The number of nitrogens with one attached hydrogen (secondary N) is 1. The highest BCUT2D eigenvalue weighted by atomic mass is 16.5. The quantitative estimate of drug-likeness (QED) is 0.827. The van der Waals surface area contributed by atoms with Crippen LogP contribution < -0.4 is 5.32 Å². The van der Waals surface area contributed by atoms with Crippen molar-refractivity contribution < 1.29 is 9.53 Å². The zero-order valence-electron chi connectivity index (χ0n) is 10.8. The average Bonchev–Trinajstić information content (AvgIpc) is 3.23. The van der Waals surface area contributed by atoms with Gasteiger partial charge in [-0.2, -0.15) is 0 Å². The van der Waals surface area contributed by atoms with E-state index in [-0.39, 0.29) is 5.91 Å². The first-order valence-electron chi connectivity index (χ1n) is 6.21. The van der Waals surface area contributed by atoms with Crippen molar-refractivity contribution in [2.45, 2.75) is 18.9 Å². The molecule has 0 aromatic carbocycles. The largest absolute Gasteiger partial charge is 0.383 e. The van der Waals surface area contributed by atoms with Gasteiger partial charge in [0, 0.05) is 26.7 Å². The van der Waals surface area contributed by atoms with Crippen molar-refractivity contribution in [2.24, 2.45) is 0 Å². The van der Waals surface area contributed by atoms with E-state index in [1.807, 2.05) is 17.0 Å². The molecule has 1 aliphatic carbocycles. The molecule has 0 saturated heterocycles. The first-order chi connectivity index (χ1) is 8.76. The Morgan fingerprint density at radius 3 is 2.94 bits per heavy atom. The Hall–Kier alpha value is -1.62. The third-order valence-corrected chi connectivity index (χ3v) is 3.01. The van der Waals surface area contributed by atoms with Crippen LogP contribution in [0.2, 0.25) is 0 Å². The fourth-order valence-corrected chi connectivity index (χ4v) is 1.87. The summed E-state index contributed by atoms with van der Waals surface area (Å²) in [6.07, 6.45) is 2.17. The zero-order valence-corrected chi connectivity index (χ0v) is 10.8. The van der Waals surface area contributed by atoms with Gasteiger partial charge in [0.2, 0.25) is 0 Å². The molecule has 1 fully saturated rings. The van der Waals surface area contributed by atoms with Crippen LogP contribution in [0.5, 0.6) is 0 Å². The van der Waals surface area contributed by atoms with Crippen molar-refractivity contribution in [3.8, 4) is 0 Å². The summed E-state index contributed by atoms with van der Waals surface area (Å²) >= 11 is 0. The Labute approximate surface area is 107 Å². The van der Waals surface area contributed by atoms with Gasteiger partial charge in [0.25, 0.3) is 5.91 Å². The average molecular weight is 249 g/mol. The summed E-state index contributed by atoms with van der Waals surface area (Å²) in [5.74, 6) is 0.704. The van der Waals surface area contributed by atoms with Crippen LogP contribution in [0.1, 0.15) is 23.3 Å². The zero-order chi connectivity index (χ0) is 13.0. The molecule has 0 radical (unpaired) electrons. The van der Waals surface area contributed by atoms with E-state index < -0.39 is 0 Å². The number of carbonyl (C=O) groups excluding carboxylic acids is 1. The minimum atomic E-state index is -0.00773. The molecule has 18 heavy (non-hydrogen) atoms. The Morgan fingerprint density at radius 1 is 1.56 bits per heavy atom. The summed E-state index contributed by atoms with van der Waals surface area (Å²) in [5.41, 5.74) is 0.491. The van der Waals surface area contributed by atoms with Crippen LogP contribution >= 0.6 is 0 Å². The highest BCUT2D eigenvalue weighted by Crippen LogP contribution is 2.27. The highest BCUT2D eigenvalue weighted by molar-refractivity contribution is 5.93. The van der Waals surface area contributed by atoms with Gasteiger partial charge in [-0.25, -0.2) is 4.98 Å². The highest BCUT2D eigenvalue weighted by Gasteiger charge is 2.33. The summed E-state index contributed by atoms with van der Waals surface area (Å²) in [6, 6.07) is 5.80. The number of rotatable bonds is 6. The molecule has 1 aliphatic rings. The second-order valence-corrected chi connectivity index (χ2v) is 4.38. The van der Waals surface area contributed by atoms with Crippen LogP contribution in [0.25, 0.3) is 0 Å². The number of aromatic nitrogens is 1. The van der Waals surface area contributed by atoms with Crippen molar-refractivity contribution >= 4 is 11.7 Å². The first-order valence-corrected chi connectivity index (χ1v) is 6.21. The number of anilines is 1. The van der Waals surface area contributed by atoms with Crippen LogP contribution in [0.15, 0.2) is 18.2 Å². The summed E-state index contributed by atoms with van der Waals surface area (Å²) in [7, 11) is 3.44. The van der Waals surface area contributed by atoms with Gasteiger partial charge in [-0.1, -0.05) is 6.07 Å². The van der Waals surface area contributed by atoms with E-state index in [1.54, 1.807) is 20.2 Å². The molecule has 1 aromatic rings. The molecule has 98 valence electrons. The number of ether oxygens (including phenoxy) is 1. The molecule has 0 spiro atoms. The number of hydrogen-bond acceptors (Lipinski definition) is 4. The van der Waals surface area contributed by atoms with Crippen LogP contribution in [-0.2, 0) is 4.74 Å². The van der Waals surface area contributed by atoms with Gasteiger partial charge in [0.15, 0.2) is 0 Å². The molecular weight excluding hydrogens is 230 g/mol. The third kappa shape index (κ3) is 2.98. The molecule has 1 saturated carbocycles.